The fourth-order valence-corrected chi connectivity index (χ4v) is 1.26. The molecule has 0 unspecified atom stereocenters. The largest absolute Gasteiger partial charge is 0.370 e. The third-order valence-electron chi connectivity index (χ3n) is 2.11. The van der Waals surface area contributed by atoms with E-state index < -0.39 is 11.8 Å². The first kappa shape index (κ1) is 12.9. The fraction of sp³-hybridized carbons (Fsp3) is 0.250. The van der Waals surface area contributed by atoms with Crippen molar-refractivity contribution < 1.29 is 14.4 Å². The molecule has 0 radical (unpaired) electrons. The fourth-order valence-electron chi connectivity index (χ4n) is 1.26. The number of carbonyl (C=O) groups is 3. The molecule has 0 heterocycles. The Kier molecular flexibility index (Phi) is 4.87. The lowest BCUT2D eigenvalue weighted by Crippen LogP contribution is -2.29. The zero-order valence-electron chi connectivity index (χ0n) is 9.31. The van der Waals surface area contributed by atoms with Crippen molar-refractivity contribution in [2.75, 3.05) is 6.54 Å². The van der Waals surface area contributed by atoms with Crippen molar-refractivity contribution in [3.8, 4) is 0 Å². The lowest BCUT2D eigenvalue weighted by Gasteiger charge is -2.03. The highest BCUT2D eigenvalue weighted by atomic mass is 16.2. The van der Waals surface area contributed by atoms with Gasteiger partial charge in [0, 0.05) is 18.5 Å². The Morgan fingerprint density at radius 2 is 1.76 bits per heavy atom. The maximum Gasteiger partial charge on any atom is 0.227 e. The van der Waals surface area contributed by atoms with E-state index in [1.54, 1.807) is 30.3 Å². The molecular formula is C12H14N2O3. The van der Waals surface area contributed by atoms with Crippen LogP contribution in [0.1, 0.15) is 23.2 Å². The highest BCUT2D eigenvalue weighted by Gasteiger charge is 2.10. The predicted octanol–water partition coefficient (Wildman–Crippen LogP) is 0.251. The second kappa shape index (κ2) is 6.42. The van der Waals surface area contributed by atoms with E-state index in [1.807, 2.05) is 0 Å². The quantitative estimate of drug-likeness (QED) is 0.546. The number of rotatable bonds is 6. The molecule has 1 rings (SSSR count). The molecule has 17 heavy (non-hydrogen) atoms. The van der Waals surface area contributed by atoms with Crippen molar-refractivity contribution in [2.45, 2.75) is 12.8 Å². The van der Waals surface area contributed by atoms with Gasteiger partial charge < -0.3 is 11.1 Å². The number of hydrogen-bond acceptors (Lipinski definition) is 3. The van der Waals surface area contributed by atoms with Gasteiger partial charge in [-0.25, -0.2) is 0 Å². The molecule has 1 aromatic carbocycles. The summed E-state index contributed by atoms with van der Waals surface area (Å²) in [6, 6.07) is 8.57. The van der Waals surface area contributed by atoms with Crippen LogP contribution in [0, 0.1) is 0 Å². The minimum absolute atomic E-state index is 0.0747. The van der Waals surface area contributed by atoms with Crippen molar-refractivity contribution in [1.29, 1.82) is 0 Å². The van der Waals surface area contributed by atoms with Gasteiger partial charge in [0.1, 0.15) is 0 Å². The number of primary amides is 1. The number of amides is 2. The average molecular weight is 234 g/mol. The van der Waals surface area contributed by atoms with Gasteiger partial charge in [0.15, 0.2) is 5.78 Å². The van der Waals surface area contributed by atoms with E-state index in [1.165, 1.54) is 0 Å². The summed E-state index contributed by atoms with van der Waals surface area (Å²) in [5.41, 5.74) is 5.41. The topological polar surface area (TPSA) is 89.3 Å². The lowest BCUT2D eigenvalue weighted by molar-refractivity contribution is -0.120. The molecule has 0 bridgehead atoms. The molecule has 1 aromatic rings. The van der Waals surface area contributed by atoms with Gasteiger partial charge in [-0.15, -0.1) is 0 Å². The van der Waals surface area contributed by atoms with E-state index in [0.717, 1.165) is 0 Å². The lowest BCUT2D eigenvalue weighted by atomic mass is 10.1. The van der Waals surface area contributed by atoms with Gasteiger partial charge >= 0.3 is 0 Å². The van der Waals surface area contributed by atoms with E-state index >= 15 is 0 Å². The van der Waals surface area contributed by atoms with E-state index in [9.17, 15) is 14.4 Å². The third-order valence-corrected chi connectivity index (χ3v) is 2.11. The van der Waals surface area contributed by atoms with E-state index in [2.05, 4.69) is 5.32 Å². The van der Waals surface area contributed by atoms with Crippen LogP contribution in [0.3, 0.4) is 0 Å². The van der Waals surface area contributed by atoms with Crippen LogP contribution in [-0.2, 0) is 9.59 Å². The molecular weight excluding hydrogens is 220 g/mol. The van der Waals surface area contributed by atoms with Crippen LogP contribution in [-0.4, -0.2) is 24.1 Å². The number of benzene rings is 1. The van der Waals surface area contributed by atoms with Gasteiger partial charge in [-0.3, -0.25) is 14.4 Å². The average Bonchev–Trinajstić information content (AvgIpc) is 2.29. The summed E-state index contributed by atoms with van der Waals surface area (Å²) in [5.74, 6) is -1.14. The summed E-state index contributed by atoms with van der Waals surface area (Å²) >= 11 is 0. The maximum absolute atomic E-state index is 11.6. The van der Waals surface area contributed by atoms with Crippen LogP contribution >= 0.6 is 0 Å². The first-order valence-corrected chi connectivity index (χ1v) is 5.23. The van der Waals surface area contributed by atoms with Crippen LogP contribution in [0.4, 0.5) is 0 Å². The molecule has 0 saturated heterocycles. The van der Waals surface area contributed by atoms with Gasteiger partial charge in [-0.05, 0) is 0 Å². The second-order valence-electron chi connectivity index (χ2n) is 3.53. The summed E-state index contributed by atoms with van der Waals surface area (Å²) in [4.78, 5) is 33.4. The SMILES string of the molecule is NC(=O)CCNC(=O)CC(=O)c1ccccc1. The van der Waals surface area contributed by atoms with Gasteiger partial charge in [0.2, 0.25) is 11.8 Å². The molecule has 0 atom stereocenters. The molecule has 0 spiro atoms. The molecule has 0 aromatic heterocycles. The predicted molar refractivity (Wildman–Crippen MR) is 62.2 cm³/mol. The van der Waals surface area contributed by atoms with Gasteiger partial charge in [-0.2, -0.15) is 0 Å². The third kappa shape index (κ3) is 4.92. The van der Waals surface area contributed by atoms with Gasteiger partial charge in [-0.1, -0.05) is 30.3 Å². The number of carbonyl (C=O) groups excluding carboxylic acids is 3. The molecule has 0 aliphatic heterocycles. The summed E-state index contributed by atoms with van der Waals surface area (Å²) in [5, 5.41) is 2.45. The Bertz CT molecular complexity index is 415. The minimum Gasteiger partial charge on any atom is -0.370 e. The van der Waals surface area contributed by atoms with E-state index in [4.69, 9.17) is 5.73 Å². The molecule has 5 nitrogen and oxygen atoms in total. The van der Waals surface area contributed by atoms with Crippen LogP contribution < -0.4 is 11.1 Å². The zero-order valence-corrected chi connectivity index (χ0v) is 9.31. The Morgan fingerprint density at radius 3 is 2.35 bits per heavy atom. The van der Waals surface area contributed by atoms with Crippen molar-refractivity contribution in [2.24, 2.45) is 5.73 Å². The Morgan fingerprint density at radius 1 is 1.12 bits per heavy atom. The maximum atomic E-state index is 11.6. The molecule has 2 amide bonds. The summed E-state index contributed by atoms with van der Waals surface area (Å²) in [6.07, 6.45) is -0.145. The number of Topliss-reactive ketones (excluding diaryl/α,β-unsaturated/α-hetero) is 1. The standard InChI is InChI=1S/C12H14N2O3/c13-11(16)6-7-14-12(17)8-10(15)9-4-2-1-3-5-9/h1-5H,6-8H2,(H2,13,16)(H,14,17). The van der Waals surface area contributed by atoms with Crippen LogP contribution in [0.2, 0.25) is 0 Å². The monoisotopic (exact) mass is 234 g/mol. The summed E-state index contributed by atoms with van der Waals surface area (Å²) in [6.45, 7) is 0.163. The first-order valence-electron chi connectivity index (χ1n) is 5.23. The van der Waals surface area contributed by atoms with Crippen molar-refractivity contribution in [3.63, 3.8) is 0 Å². The number of hydrogen-bond donors (Lipinski definition) is 2. The zero-order chi connectivity index (χ0) is 12.7. The Hall–Kier alpha value is -2.17. The molecule has 0 aliphatic carbocycles. The molecule has 3 N–H and O–H groups in total. The normalized spacial score (nSPS) is 9.65. The smallest absolute Gasteiger partial charge is 0.227 e. The second-order valence-corrected chi connectivity index (χ2v) is 3.53. The number of nitrogens with one attached hydrogen (secondary N) is 1. The van der Waals surface area contributed by atoms with E-state index in [-0.39, 0.29) is 25.2 Å². The number of nitrogens with two attached hydrogens (primary N) is 1. The number of ketones is 1. The molecule has 0 aliphatic rings. The van der Waals surface area contributed by atoms with Crippen molar-refractivity contribution in [1.82, 2.24) is 5.32 Å². The van der Waals surface area contributed by atoms with Crippen molar-refractivity contribution >= 4 is 17.6 Å². The van der Waals surface area contributed by atoms with Gasteiger partial charge in [0.25, 0.3) is 0 Å². The minimum atomic E-state index is -0.486. The summed E-state index contributed by atoms with van der Waals surface area (Å²) in [7, 11) is 0. The van der Waals surface area contributed by atoms with E-state index in [0.29, 0.717) is 5.56 Å². The van der Waals surface area contributed by atoms with Gasteiger partial charge in [0.05, 0.1) is 6.42 Å². The summed E-state index contributed by atoms with van der Waals surface area (Å²) < 4.78 is 0. The Balaban J connectivity index is 2.36. The highest BCUT2D eigenvalue weighted by molar-refractivity contribution is 6.07. The molecule has 0 fully saturated rings. The van der Waals surface area contributed by atoms with Crippen LogP contribution in [0.5, 0.6) is 0 Å². The highest BCUT2D eigenvalue weighted by Crippen LogP contribution is 2.02. The molecule has 90 valence electrons. The Labute approximate surface area is 99.0 Å². The molecule has 5 heteroatoms. The van der Waals surface area contributed by atoms with Crippen LogP contribution in [0.25, 0.3) is 0 Å². The van der Waals surface area contributed by atoms with Crippen molar-refractivity contribution in [3.05, 3.63) is 35.9 Å². The first-order chi connectivity index (χ1) is 8.09. The molecule has 0 saturated carbocycles. The van der Waals surface area contributed by atoms with Crippen LogP contribution in [0.15, 0.2) is 30.3 Å².